The molecule has 106 valence electrons. The van der Waals surface area contributed by atoms with Crippen molar-refractivity contribution in [2.24, 2.45) is 5.84 Å². The van der Waals surface area contributed by atoms with E-state index < -0.39 is 4.92 Å². The van der Waals surface area contributed by atoms with Crippen LogP contribution in [0, 0.1) is 10.1 Å². The molecule has 1 rings (SSSR count). The van der Waals surface area contributed by atoms with Crippen molar-refractivity contribution in [2.45, 2.75) is 19.8 Å². The molecule has 3 N–H and O–H groups in total. The number of hydrogen-bond donors (Lipinski definition) is 2. The maximum atomic E-state index is 11.0. The van der Waals surface area contributed by atoms with Gasteiger partial charge >= 0.3 is 5.69 Å². The standard InChI is InChI=1S/C12H19N3O4/c1-2-3-7-18-8-9-19-11-6-4-5-10(14-13)12(11)15(16)17/h4-6,14H,2-3,7-9,13H2,1H3. The zero-order chi connectivity index (χ0) is 14.1. The summed E-state index contributed by atoms with van der Waals surface area (Å²) >= 11 is 0. The van der Waals surface area contributed by atoms with E-state index in [1.54, 1.807) is 6.07 Å². The molecule has 19 heavy (non-hydrogen) atoms. The van der Waals surface area contributed by atoms with Crippen LogP contribution in [-0.4, -0.2) is 24.7 Å². The average Bonchev–Trinajstić information content (AvgIpc) is 2.42. The lowest BCUT2D eigenvalue weighted by atomic mass is 10.2. The highest BCUT2D eigenvalue weighted by Crippen LogP contribution is 2.33. The van der Waals surface area contributed by atoms with Gasteiger partial charge < -0.3 is 14.9 Å². The second kappa shape index (κ2) is 8.28. The molecule has 7 heteroatoms. The molecule has 0 aliphatic heterocycles. The Balaban J connectivity index is 2.55. The Morgan fingerprint density at radius 2 is 2.16 bits per heavy atom. The Morgan fingerprint density at radius 1 is 1.37 bits per heavy atom. The Bertz CT molecular complexity index is 412. The molecule has 1 aromatic rings. The molecule has 0 radical (unpaired) electrons. The third-order valence-electron chi connectivity index (χ3n) is 2.46. The minimum absolute atomic E-state index is 0.168. The highest BCUT2D eigenvalue weighted by molar-refractivity contribution is 5.67. The van der Waals surface area contributed by atoms with Gasteiger partial charge in [0.15, 0.2) is 5.75 Å². The molecule has 1 aromatic carbocycles. The fraction of sp³-hybridized carbons (Fsp3) is 0.500. The monoisotopic (exact) mass is 269 g/mol. The molecule has 0 heterocycles. The van der Waals surface area contributed by atoms with Gasteiger partial charge in [-0.15, -0.1) is 0 Å². The molecular formula is C12H19N3O4. The van der Waals surface area contributed by atoms with Gasteiger partial charge in [-0.3, -0.25) is 16.0 Å². The molecule has 0 aromatic heterocycles. The first kappa shape index (κ1) is 15.2. The van der Waals surface area contributed by atoms with Crippen LogP contribution in [0.4, 0.5) is 11.4 Å². The number of hydrazine groups is 1. The number of nitro groups is 1. The first-order valence-corrected chi connectivity index (χ1v) is 6.15. The summed E-state index contributed by atoms with van der Waals surface area (Å²) in [6, 6.07) is 4.68. The summed E-state index contributed by atoms with van der Waals surface area (Å²) in [5.41, 5.74) is 2.33. The number of nitrogen functional groups attached to an aromatic ring is 1. The molecule has 0 aliphatic carbocycles. The number of unbranched alkanes of at least 4 members (excludes halogenated alkanes) is 1. The minimum Gasteiger partial charge on any atom is -0.484 e. The van der Waals surface area contributed by atoms with Crippen LogP contribution in [-0.2, 0) is 4.74 Å². The first-order valence-electron chi connectivity index (χ1n) is 6.15. The zero-order valence-corrected chi connectivity index (χ0v) is 10.9. The molecule has 0 saturated carbocycles. The van der Waals surface area contributed by atoms with E-state index in [2.05, 4.69) is 12.3 Å². The van der Waals surface area contributed by atoms with Crippen LogP contribution < -0.4 is 16.0 Å². The Kier molecular flexibility index (Phi) is 6.62. The fourth-order valence-corrected chi connectivity index (χ4v) is 1.50. The molecule has 0 atom stereocenters. The number of nitrogens with one attached hydrogen (secondary N) is 1. The quantitative estimate of drug-likeness (QED) is 0.308. The van der Waals surface area contributed by atoms with Crippen molar-refractivity contribution in [3.63, 3.8) is 0 Å². The van der Waals surface area contributed by atoms with Crippen LogP contribution >= 0.6 is 0 Å². The number of benzene rings is 1. The third kappa shape index (κ3) is 4.72. The number of nitrogens with two attached hydrogens (primary N) is 1. The van der Waals surface area contributed by atoms with Gasteiger partial charge in [-0.1, -0.05) is 19.4 Å². The van der Waals surface area contributed by atoms with Crippen LogP contribution in [0.3, 0.4) is 0 Å². The largest absolute Gasteiger partial charge is 0.484 e. The number of nitro benzene ring substituents is 1. The summed E-state index contributed by atoms with van der Waals surface area (Å²) in [5, 5.41) is 11.0. The van der Waals surface area contributed by atoms with E-state index in [1.165, 1.54) is 12.1 Å². The van der Waals surface area contributed by atoms with E-state index in [0.717, 1.165) is 12.8 Å². The predicted octanol–water partition coefficient (Wildman–Crippen LogP) is 2.08. The van der Waals surface area contributed by atoms with Gasteiger partial charge in [-0.25, -0.2) is 0 Å². The van der Waals surface area contributed by atoms with Crippen molar-refractivity contribution in [1.29, 1.82) is 0 Å². The van der Waals surface area contributed by atoms with E-state index in [-0.39, 0.29) is 23.7 Å². The van der Waals surface area contributed by atoms with Gasteiger partial charge in [0, 0.05) is 6.61 Å². The molecule has 0 saturated heterocycles. The zero-order valence-electron chi connectivity index (χ0n) is 10.9. The SMILES string of the molecule is CCCCOCCOc1cccc(NN)c1[N+](=O)[O-]. The van der Waals surface area contributed by atoms with Crippen LogP contribution in [0.5, 0.6) is 5.75 Å². The number of nitrogens with zero attached hydrogens (tertiary/aromatic N) is 1. The molecule has 0 spiro atoms. The summed E-state index contributed by atoms with van der Waals surface area (Å²) in [6.07, 6.45) is 2.06. The van der Waals surface area contributed by atoms with Crippen molar-refractivity contribution in [3.8, 4) is 5.75 Å². The number of anilines is 1. The van der Waals surface area contributed by atoms with Crippen molar-refractivity contribution in [2.75, 3.05) is 25.2 Å². The topological polar surface area (TPSA) is 99.7 Å². The summed E-state index contributed by atoms with van der Waals surface area (Å²) in [5.74, 6) is 5.41. The van der Waals surface area contributed by atoms with Crippen molar-refractivity contribution < 1.29 is 14.4 Å². The highest BCUT2D eigenvalue weighted by atomic mass is 16.6. The number of hydrogen-bond acceptors (Lipinski definition) is 6. The number of rotatable bonds is 9. The molecule has 0 aliphatic rings. The Hall–Kier alpha value is -1.86. The summed E-state index contributed by atoms with van der Waals surface area (Å²) < 4.78 is 10.7. The summed E-state index contributed by atoms with van der Waals surface area (Å²) in [6.45, 7) is 3.41. The van der Waals surface area contributed by atoms with Gasteiger partial charge in [0.1, 0.15) is 12.3 Å². The maximum absolute atomic E-state index is 11.0. The van der Waals surface area contributed by atoms with Crippen molar-refractivity contribution >= 4 is 11.4 Å². The lowest BCUT2D eigenvalue weighted by Crippen LogP contribution is -2.12. The molecule has 0 fully saturated rings. The van der Waals surface area contributed by atoms with E-state index in [9.17, 15) is 10.1 Å². The first-order chi connectivity index (χ1) is 9.20. The molecule has 0 amide bonds. The van der Waals surface area contributed by atoms with Gasteiger partial charge in [-0.05, 0) is 18.6 Å². The minimum atomic E-state index is -0.525. The van der Waals surface area contributed by atoms with Gasteiger partial charge in [-0.2, -0.15) is 0 Å². The van der Waals surface area contributed by atoms with Crippen LogP contribution in [0.15, 0.2) is 18.2 Å². The van der Waals surface area contributed by atoms with E-state index >= 15 is 0 Å². The maximum Gasteiger partial charge on any atom is 0.335 e. The van der Waals surface area contributed by atoms with Crippen molar-refractivity contribution in [3.05, 3.63) is 28.3 Å². The summed E-state index contributed by atoms with van der Waals surface area (Å²) in [7, 11) is 0. The molecule has 0 bridgehead atoms. The lowest BCUT2D eigenvalue weighted by molar-refractivity contribution is -0.385. The van der Waals surface area contributed by atoms with Gasteiger partial charge in [0.05, 0.1) is 11.5 Å². The van der Waals surface area contributed by atoms with Gasteiger partial charge in [0.25, 0.3) is 0 Å². The molecule has 0 unspecified atom stereocenters. The highest BCUT2D eigenvalue weighted by Gasteiger charge is 2.20. The fourth-order valence-electron chi connectivity index (χ4n) is 1.50. The third-order valence-corrected chi connectivity index (χ3v) is 2.46. The Labute approximate surface area is 111 Å². The number of para-hydroxylation sites is 1. The van der Waals surface area contributed by atoms with E-state index in [0.29, 0.717) is 13.2 Å². The molecular weight excluding hydrogens is 250 g/mol. The average molecular weight is 269 g/mol. The van der Waals surface area contributed by atoms with Crippen molar-refractivity contribution in [1.82, 2.24) is 0 Å². The molecule has 7 nitrogen and oxygen atoms in total. The van der Waals surface area contributed by atoms with E-state index in [4.69, 9.17) is 15.3 Å². The van der Waals surface area contributed by atoms with Gasteiger partial charge in [0.2, 0.25) is 0 Å². The second-order valence-electron chi connectivity index (χ2n) is 3.87. The van der Waals surface area contributed by atoms with Crippen LogP contribution in [0.2, 0.25) is 0 Å². The lowest BCUT2D eigenvalue weighted by Gasteiger charge is -2.09. The Morgan fingerprint density at radius 3 is 2.79 bits per heavy atom. The van der Waals surface area contributed by atoms with Crippen LogP contribution in [0.1, 0.15) is 19.8 Å². The van der Waals surface area contributed by atoms with E-state index in [1.807, 2.05) is 0 Å². The summed E-state index contributed by atoms with van der Waals surface area (Å²) in [4.78, 5) is 10.4. The normalized spacial score (nSPS) is 10.2. The van der Waals surface area contributed by atoms with Crippen LogP contribution in [0.25, 0.3) is 0 Å². The second-order valence-corrected chi connectivity index (χ2v) is 3.87. The predicted molar refractivity (Wildman–Crippen MR) is 72.1 cm³/mol. The smallest absolute Gasteiger partial charge is 0.335 e. The number of ether oxygens (including phenoxy) is 2.